The summed E-state index contributed by atoms with van der Waals surface area (Å²) in [4.78, 5) is 135. The summed E-state index contributed by atoms with van der Waals surface area (Å²) in [7, 11) is 0. The zero-order valence-electron chi connectivity index (χ0n) is 42.0. The van der Waals surface area contributed by atoms with Crippen molar-refractivity contribution in [3.8, 4) is 0 Å². The van der Waals surface area contributed by atoms with Crippen LogP contribution in [0.3, 0.4) is 0 Å². The standard InChI is InChI=1S/C49H72N16O10/c1-28(66)59-33(16-8-23-56-48(51)52)41(68)62-36-19-20-40(67)55-22-10-18-37(47(74)75)63-46(73)39(26-30-27-58-32-14-6-5-13-31(30)32)65-43(70)35(17-9-24-57-49(53)54)61-45(72)38(25-29-11-3-2-4-12-29)64-42(69)34(15-7-21-50)60-44(36)71/h2-6,11-14,27,33-39,58H,7-10,15-26,50H2,1H3,(H,55,67)(H,59,66)(H,60,71)(H,61,72)(H,62,68)(H,63,73)(H,64,69)(H,65,70)(H,74,75)(H4,51,52,56)(H4,53,54,57)/t33-,34-,35-,36-,37-,38+,39-/m0/s1. The van der Waals surface area contributed by atoms with Crippen LogP contribution >= 0.6 is 0 Å². The van der Waals surface area contributed by atoms with Gasteiger partial charge in [-0.25, -0.2) is 4.79 Å². The molecule has 0 spiro atoms. The Hall–Kier alpha value is -8.29. The number of carboxylic acids is 1. The Labute approximate surface area is 433 Å². The van der Waals surface area contributed by atoms with Crippen molar-refractivity contribution in [3.05, 3.63) is 71.9 Å². The van der Waals surface area contributed by atoms with Crippen molar-refractivity contribution < 1.29 is 48.3 Å². The van der Waals surface area contributed by atoms with Crippen molar-refractivity contribution in [3.63, 3.8) is 0 Å². The number of aliphatic carboxylic acids is 1. The zero-order chi connectivity index (χ0) is 54.9. The Bertz CT molecular complexity index is 2490. The number of aromatic amines is 1. The Balaban J connectivity index is 1.77. The van der Waals surface area contributed by atoms with E-state index >= 15 is 0 Å². The highest BCUT2D eigenvalue weighted by atomic mass is 16.4. The van der Waals surface area contributed by atoms with Crippen LogP contribution in [0.25, 0.3) is 10.9 Å². The topological polar surface area (TPSA) is 441 Å². The first kappa shape index (κ1) is 59.3. The van der Waals surface area contributed by atoms with E-state index in [1.54, 1.807) is 42.6 Å². The molecule has 0 radical (unpaired) electrons. The Kier molecular flexibility index (Phi) is 24.2. The molecule has 1 aliphatic heterocycles. The van der Waals surface area contributed by atoms with Crippen LogP contribution in [-0.4, -0.2) is 144 Å². The zero-order valence-corrected chi connectivity index (χ0v) is 42.0. The molecule has 26 nitrogen and oxygen atoms in total. The fourth-order valence-electron chi connectivity index (χ4n) is 8.23. The number of benzene rings is 2. The van der Waals surface area contributed by atoms with Crippen LogP contribution in [0, 0.1) is 0 Å². The lowest BCUT2D eigenvalue weighted by Gasteiger charge is -2.28. The van der Waals surface area contributed by atoms with Crippen molar-refractivity contribution >= 4 is 76.0 Å². The molecule has 0 aliphatic carbocycles. The molecule has 1 saturated heterocycles. The molecule has 2 heterocycles. The molecule has 26 heteroatoms. The maximum atomic E-state index is 14.6. The predicted molar refractivity (Wildman–Crippen MR) is 279 cm³/mol. The maximum absolute atomic E-state index is 14.6. The normalized spacial score (nSPS) is 21.1. The SMILES string of the molecule is CC(=O)N[C@@H](CCCN=C(N)N)C(=O)N[C@H]1CCC(=O)NCCC[C@@H](C(=O)O)NC(=O)[C@H](Cc2c[nH]c3ccccc23)NC(=O)[C@H](CCCN=C(N)N)NC(=O)[C@@H](Cc2ccccc2)NC(=O)[C@H](CCCN)NC1=O. The van der Waals surface area contributed by atoms with Crippen LogP contribution in [0.1, 0.15) is 82.3 Å². The highest BCUT2D eigenvalue weighted by Crippen LogP contribution is 2.20. The number of guanidine groups is 2. The Morgan fingerprint density at radius 2 is 1.28 bits per heavy atom. The van der Waals surface area contributed by atoms with Gasteiger partial charge >= 0.3 is 5.97 Å². The Morgan fingerprint density at radius 3 is 1.92 bits per heavy atom. The first-order valence-electron chi connectivity index (χ1n) is 24.8. The highest BCUT2D eigenvalue weighted by molar-refractivity contribution is 5.98. The van der Waals surface area contributed by atoms with Crippen LogP contribution in [-0.2, 0) is 56.0 Å². The Morgan fingerprint density at radius 1 is 0.707 bits per heavy atom. The quantitative estimate of drug-likeness (QED) is 0.0323. The highest BCUT2D eigenvalue weighted by Gasteiger charge is 2.35. The molecule has 1 fully saturated rings. The van der Waals surface area contributed by atoms with E-state index in [4.69, 9.17) is 28.7 Å². The number of rotatable bonds is 19. The number of carboxylic acid groups (broad SMARTS) is 1. The molecule has 0 saturated carbocycles. The molecular formula is C49H72N16O10. The number of nitrogens with one attached hydrogen (secondary N) is 9. The molecule has 1 aromatic heterocycles. The van der Waals surface area contributed by atoms with E-state index in [0.717, 1.165) is 10.9 Å². The summed E-state index contributed by atoms with van der Waals surface area (Å²) in [5.74, 6) is -7.97. The van der Waals surface area contributed by atoms with Gasteiger partial charge in [0.25, 0.3) is 0 Å². The number of H-pyrrole nitrogens is 1. The van der Waals surface area contributed by atoms with Crippen LogP contribution in [0.2, 0.25) is 0 Å². The summed E-state index contributed by atoms with van der Waals surface area (Å²) >= 11 is 0. The minimum atomic E-state index is -1.48. The van der Waals surface area contributed by atoms with Gasteiger partial charge in [-0.05, 0) is 81.5 Å². The van der Waals surface area contributed by atoms with E-state index in [9.17, 15) is 48.3 Å². The monoisotopic (exact) mass is 1040 g/mol. The second kappa shape index (κ2) is 30.7. The molecule has 0 bridgehead atoms. The molecule has 8 amide bonds. The van der Waals surface area contributed by atoms with E-state index in [0.29, 0.717) is 11.1 Å². The molecular weight excluding hydrogens is 973 g/mol. The van der Waals surface area contributed by atoms with Crippen LogP contribution in [0.15, 0.2) is 70.8 Å². The number of aromatic nitrogens is 1. The van der Waals surface area contributed by atoms with Crippen molar-refractivity contribution in [1.29, 1.82) is 0 Å². The van der Waals surface area contributed by atoms with Gasteiger partial charge in [0.15, 0.2) is 11.9 Å². The third kappa shape index (κ3) is 20.6. The van der Waals surface area contributed by atoms with Gasteiger partial charge in [-0.1, -0.05) is 48.5 Å². The number of hydrogen-bond donors (Lipinski definition) is 15. The summed E-state index contributed by atoms with van der Waals surface area (Å²) < 4.78 is 0. The first-order valence-corrected chi connectivity index (χ1v) is 24.8. The molecule has 0 unspecified atom stereocenters. The summed E-state index contributed by atoms with van der Waals surface area (Å²) in [6.07, 6.45) is 1.19. The fraction of sp³-hybridized carbons (Fsp3) is 0.490. The molecule has 2 aromatic carbocycles. The van der Waals surface area contributed by atoms with Gasteiger partial charge in [0.2, 0.25) is 47.3 Å². The summed E-state index contributed by atoms with van der Waals surface area (Å²) in [6.45, 7) is 1.39. The van der Waals surface area contributed by atoms with Gasteiger partial charge in [0.05, 0.1) is 0 Å². The first-order chi connectivity index (χ1) is 35.8. The van der Waals surface area contributed by atoms with Gasteiger partial charge in [0.1, 0.15) is 42.3 Å². The van der Waals surface area contributed by atoms with Crippen molar-refractivity contribution in [1.82, 2.24) is 47.5 Å². The van der Waals surface area contributed by atoms with Crippen LogP contribution < -0.4 is 71.2 Å². The van der Waals surface area contributed by atoms with Gasteiger partial charge in [-0.2, -0.15) is 0 Å². The lowest BCUT2D eigenvalue weighted by Crippen LogP contribution is -2.60. The smallest absolute Gasteiger partial charge is 0.326 e. The molecule has 20 N–H and O–H groups in total. The molecule has 408 valence electrons. The van der Waals surface area contributed by atoms with Gasteiger partial charge in [-0.3, -0.25) is 48.3 Å². The molecule has 7 atom stereocenters. The van der Waals surface area contributed by atoms with Gasteiger partial charge in [0, 0.05) is 62.9 Å². The number of carbonyl (C=O) groups is 9. The van der Waals surface area contributed by atoms with E-state index in [1.165, 1.54) is 6.92 Å². The average molecular weight is 1050 g/mol. The number of aliphatic imine (C=N–C) groups is 2. The van der Waals surface area contributed by atoms with Gasteiger partial charge in [-0.15, -0.1) is 0 Å². The number of fused-ring (bicyclic) bond motifs is 1. The lowest BCUT2D eigenvalue weighted by atomic mass is 10.0. The molecule has 4 rings (SSSR count). The van der Waals surface area contributed by atoms with Crippen molar-refractivity contribution in [2.24, 2.45) is 38.7 Å². The number of para-hydroxylation sites is 1. The average Bonchev–Trinajstić information content (AvgIpc) is 3.78. The molecule has 1 aliphatic rings. The second-order valence-corrected chi connectivity index (χ2v) is 18.1. The number of nitrogens with zero attached hydrogens (tertiary/aromatic N) is 2. The summed E-state index contributed by atoms with van der Waals surface area (Å²) in [6, 6.07) is 6.20. The van der Waals surface area contributed by atoms with E-state index < -0.39 is 95.5 Å². The maximum Gasteiger partial charge on any atom is 0.326 e. The molecule has 3 aromatic rings. The number of hydrogen-bond acceptors (Lipinski definition) is 12. The summed E-state index contributed by atoms with van der Waals surface area (Å²) in [5.41, 5.74) is 29.8. The van der Waals surface area contributed by atoms with Gasteiger partial charge < -0.3 is 81.3 Å². The minimum absolute atomic E-state index is 0.0404. The second-order valence-electron chi connectivity index (χ2n) is 18.1. The molecule has 75 heavy (non-hydrogen) atoms. The largest absolute Gasteiger partial charge is 0.480 e. The van der Waals surface area contributed by atoms with E-state index in [2.05, 4.69) is 57.5 Å². The third-order valence-corrected chi connectivity index (χ3v) is 12.1. The van der Waals surface area contributed by atoms with Crippen molar-refractivity contribution in [2.75, 3.05) is 26.2 Å². The van der Waals surface area contributed by atoms with Crippen molar-refractivity contribution in [2.45, 2.75) is 126 Å². The van der Waals surface area contributed by atoms with E-state index in [1.807, 2.05) is 18.2 Å². The van der Waals surface area contributed by atoms with Crippen LogP contribution in [0.4, 0.5) is 0 Å². The van der Waals surface area contributed by atoms with Crippen LogP contribution in [0.5, 0.6) is 0 Å². The van der Waals surface area contributed by atoms with E-state index in [-0.39, 0.29) is 115 Å². The minimum Gasteiger partial charge on any atom is -0.480 e. The number of nitrogens with two attached hydrogens (primary N) is 5. The fourth-order valence-corrected chi connectivity index (χ4v) is 8.23. The third-order valence-electron chi connectivity index (χ3n) is 12.1. The lowest BCUT2D eigenvalue weighted by molar-refractivity contribution is -0.142. The summed E-state index contributed by atoms with van der Waals surface area (Å²) in [5, 5.41) is 32.2. The number of amides is 8. The predicted octanol–water partition coefficient (Wildman–Crippen LogP) is -3.01. The number of carbonyl (C=O) groups excluding carboxylic acids is 8.